The van der Waals surface area contributed by atoms with Crippen molar-refractivity contribution < 1.29 is 4.79 Å². The van der Waals surface area contributed by atoms with Crippen molar-refractivity contribution in [2.45, 2.75) is 26.4 Å². The molecular weight excluding hydrogens is 310 g/mol. The summed E-state index contributed by atoms with van der Waals surface area (Å²) < 4.78 is 2.18. The summed E-state index contributed by atoms with van der Waals surface area (Å²) in [5.41, 5.74) is 8.06. The van der Waals surface area contributed by atoms with Crippen LogP contribution in [0.25, 0.3) is 11.0 Å². The van der Waals surface area contributed by atoms with Crippen LogP contribution < -0.4 is 11.1 Å². The molecule has 6 nitrogen and oxygen atoms in total. The van der Waals surface area contributed by atoms with Gasteiger partial charge < -0.3 is 15.6 Å². The number of para-hydroxylation sites is 2. The Morgan fingerprint density at radius 1 is 1.35 bits per heavy atom. The van der Waals surface area contributed by atoms with Crippen molar-refractivity contribution in [1.82, 2.24) is 19.9 Å². The van der Waals surface area contributed by atoms with E-state index in [1.165, 1.54) is 11.3 Å². The summed E-state index contributed by atoms with van der Waals surface area (Å²) in [4.78, 5) is 20.9. The predicted molar refractivity (Wildman–Crippen MR) is 91.4 cm³/mol. The van der Waals surface area contributed by atoms with Crippen LogP contribution in [-0.2, 0) is 19.5 Å². The highest BCUT2D eigenvalue weighted by molar-refractivity contribution is 7.09. The second kappa shape index (κ2) is 6.89. The Kier molecular flexibility index (Phi) is 4.68. The van der Waals surface area contributed by atoms with Gasteiger partial charge in [0.1, 0.15) is 16.5 Å². The number of hydrogen-bond acceptors (Lipinski definition) is 5. The second-order valence-electron chi connectivity index (χ2n) is 5.10. The zero-order chi connectivity index (χ0) is 16.2. The van der Waals surface area contributed by atoms with Gasteiger partial charge in [-0.3, -0.25) is 4.79 Å². The van der Waals surface area contributed by atoms with Crippen molar-refractivity contribution >= 4 is 28.3 Å². The minimum absolute atomic E-state index is 0.167. The average molecular weight is 329 g/mol. The molecule has 0 unspecified atom stereocenters. The van der Waals surface area contributed by atoms with Crippen molar-refractivity contribution in [1.29, 1.82) is 0 Å². The fraction of sp³-hybridized carbons (Fsp3) is 0.312. The van der Waals surface area contributed by atoms with Crippen molar-refractivity contribution in [3.8, 4) is 0 Å². The number of nitrogens with one attached hydrogen (secondary N) is 1. The van der Waals surface area contributed by atoms with E-state index < -0.39 is 0 Å². The highest BCUT2D eigenvalue weighted by Crippen LogP contribution is 2.16. The Balaban J connectivity index is 1.65. The number of thiazole rings is 1. The topological polar surface area (TPSA) is 85.8 Å². The van der Waals surface area contributed by atoms with Gasteiger partial charge in [0.2, 0.25) is 0 Å². The summed E-state index contributed by atoms with van der Waals surface area (Å²) in [5, 5.41) is 5.39. The summed E-state index contributed by atoms with van der Waals surface area (Å²) >= 11 is 1.40. The van der Waals surface area contributed by atoms with Gasteiger partial charge in [0.25, 0.3) is 5.91 Å². The van der Waals surface area contributed by atoms with Gasteiger partial charge in [-0.15, -0.1) is 11.3 Å². The minimum Gasteiger partial charge on any atom is -0.350 e. The van der Waals surface area contributed by atoms with Gasteiger partial charge in [-0.05, 0) is 19.1 Å². The molecule has 0 saturated heterocycles. The van der Waals surface area contributed by atoms with Crippen molar-refractivity contribution in [2.75, 3.05) is 6.54 Å². The number of nitrogens with two attached hydrogens (primary N) is 1. The second-order valence-corrected chi connectivity index (χ2v) is 6.04. The van der Waals surface area contributed by atoms with Crippen LogP contribution in [0, 0.1) is 0 Å². The van der Waals surface area contributed by atoms with Crippen LogP contribution >= 0.6 is 11.3 Å². The quantitative estimate of drug-likeness (QED) is 0.724. The number of benzene rings is 1. The summed E-state index contributed by atoms with van der Waals surface area (Å²) in [6.45, 7) is 3.84. The maximum Gasteiger partial charge on any atom is 0.270 e. The molecule has 3 rings (SSSR count). The van der Waals surface area contributed by atoms with Gasteiger partial charge in [0, 0.05) is 31.4 Å². The lowest BCUT2D eigenvalue weighted by molar-refractivity contribution is 0.0949. The maximum absolute atomic E-state index is 12.1. The smallest absolute Gasteiger partial charge is 0.270 e. The summed E-state index contributed by atoms with van der Waals surface area (Å²) in [6, 6.07) is 8.07. The molecule has 0 saturated carbocycles. The van der Waals surface area contributed by atoms with Gasteiger partial charge in [-0.1, -0.05) is 12.1 Å². The molecule has 0 fully saturated rings. The number of rotatable bonds is 6. The number of imidazole rings is 1. The van der Waals surface area contributed by atoms with Crippen molar-refractivity contribution in [2.24, 2.45) is 5.73 Å². The Morgan fingerprint density at radius 3 is 2.91 bits per heavy atom. The number of amides is 1. The molecular formula is C16H19N5OS. The Hall–Kier alpha value is -2.25. The fourth-order valence-electron chi connectivity index (χ4n) is 2.56. The molecule has 120 valence electrons. The van der Waals surface area contributed by atoms with E-state index in [0.29, 0.717) is 25.2 Å². The van der Waals surface area contributed by atoms with E-state index in [1.54, 1.807) is 5.38 Å². The van der Waals surface area contributed by atoms with E-state index in [4.69, 9.17) is 5.73 Å². The average Bonchev–Trinajstić information content (AvgIpc) is 3.18. The zero-order valence-electron chi connectivity index (χ0n) is 13.0. The Morgan fingerprint density at radius 2 is 2.17 bits per heavy atom. The SMILES string of the molecule is CCn1c(CCNC(=O)c2csc(CN)n2)nc2ccccc21. The number of aromatic nitrogens is 3. The van der Waals surface area contributed by atoms with Crippen LogP contribution in [0.3, 0.4) is 0 Å². The number of nitrogens with zero attached hydrogens (tertiary/aromatic N) is 3. The predicted octanol–water partition coefficient (Wildman–Crippen LogP) is 1.94. The first-order valence-electron chi connectivity index (χ1n) is 7.59. The third kappa shape index (κ3) is 3.25. The molecule has 0 aliphatic carbocycles. The molecule has 0 bridgehead atoms. The van der Waals surface area contributed by atoms with Crippen LogP contribution in [0.5, 0.6) is 0 Å². The lowest BCUT2D eigenvalue weighted by Gasteiger charge is -2.06. The molecule has 3 N–H and O–H groups in total. The number of hydrogen-bond donors (Lipinski definition) is 2. The lowest BCUT2D eigenvalue weighted by atomic mass is 10.3. The molecule has 0 radical (unpaired) electrons. The standard InChI is InChI=1S/C16H19N5OS/c1-2-21-13-6-4-3-5-11(13)19-14(21)7-8-18-16(22)12-10-23-15(9-17)20-12/h3-6,10H,2,7-9,17H2,1H3,(H,18,22). The maximum atomic E-state index is 12.1. The van der Waals surface area contributed by atoms with Gasteiger partial charge in [-0.25, -0.2) is 9.97 Å². The van der Waals surface area contributed by atoms with E-state index in [9.17, 15) is 4.79 Å². The van der Waals surface area contributed by atoms with Crippen LogP contribution in [0.4, 0.5) is 0 Å². The highest BCUT2D eigenvalue weighted by Gasteiger charge is 2.12. The summed E-state index contributed by atoms with van der Waals surface area (Å²) in [7, 11) is 0. The van der Waals surface area contributed by atoms with E-state index in [-0.39, 0.29) is 5.91 Å². The molecule has 3 aromatic rings. The summed E-state index contributed by atoms with van der Waals surface area (Å²) in [5.74, 6) is 0.815. The van der Waals surface area contributed by atoms with Crippen molar-refractivity contribution in [3.05, 3.63) is 46.2 Å². The molecule has 0 aliphatic heterocycles. The van der Waals surface area contributed by atoms with Crippen LogP contribution in [0.2, 0.25) is 0 Å². The summed E-state index contributed by atoms with van der Waals surface area (Å²) in [6.07, 6.45) is 0.683. The monoisotopic (exact) mass is 329 g/mol. The molecule has 0 spiro atoms. The third-order valence-corrected chi connectivity index (χ3v) is 4.51. The molecule has 0 atom stereocenters. The molecule has 7 heteroatoms. The Bertz CT molecular complexity index is 823. The molecule has 0 aliphatic rings. The van der Waals surface area contributed by atoms with Gasteiger partial charge in [0.15, 0.2) is 0 Å². The molecule has 1 aromatic carbocycles. The van der Waals surface area contributed by atoms with Crippen LogP contribution in [-0.4, -0.2) is 27.0 Å². The minimum atomic E-state index is -0.167. The number of aryl methyl sites for hydroxylation is 1. The van der Waals surface area contributed by atoms with E-state index >= 15 is 0 Å². The molecule has 2 heterocycles. The van der Waals surface area contributed by atoms with E-state index in [1.807, 2.05) is 18.2 Å². The van der Waals surface area contributed by atoms with Crippen molar-refractivity contribution in [3.63, 3.8) is 0 Å². The van der Waals surface area contributed by atoms with Crippen LogP contribution in [0.1, 0.15) is 28.2 Å². The van der Waals surface area contributed by atoms with Gasteiger partial charge in [0.05, 0.1) is 11.0 Å². The zero-order valence-corrected chi connectivity index (χ0v) is 13.8. The first kappa shape index (κ1) is 15.6. The van der Waals surface area contributed by atoms with Gasteiger partial charge in [-0.2, -0.15) is 0 Å². The first-order chi connectivity index (χ1) is 11.2. The fourth-order valence-corrected chi connectivity index (χ4v) is 3.21. The normalized spacial score (nSPS) is 11.0. The largest absolute Gasteiger partial charge is 0.350 e. The van der Waals surface area contributed by atoms with Crippen LogP contribution in [0.15, 0.2) is 29.6 Å². The Labute approximate surface area is 138 Å². The van der Waals surface area contributed by atoms with E-state index in [2.05, 4.69) is 32.8 Å². The number of carbonyl (C=O) groups excluding carboxylic acids is 1. The molecule has 23 heavy (non-hydrogen) atoms. The molecule has 1 amide bonds. The van der Waals surface area contributed by atoms with E-state index in [0.717, 1.165) is 28.4 Å². The lowest BCUT2D eigenvalue weighted by Crippen LogP contribution is -2.26. The highest BCUT2D eigenvalue weighted by atomic mass is 32.1. The third-order valence-electron chi connectivity index (χ3n) is 3.64. The first-order valence-corrected chi connectivity index (χ1v) is 8.47. The molecule has 2 aromatic heterocycles. The number of fused-ring (bicyclic) bond motifs is 1. The van der Waals surface area contributed by atoms with Gasteiger partial charge >= 0.3 is 0 Å². The number of carbonyl (C=O) groups is 1.